The largest absolute Gasteiger partial charge is 0.388 e. The molecule has 17 heavy (non-hydrogen) atoms. The first kappa shape index (κ1) is 15.5. The average Bonchev–Trinajstić information content (AvgIpc) is 2.23. The van der Waals surface area contributed by atoms with E-state index in [0.717, 1.165) is 18.0 Å². The molecule has 0 aromatic rings. The number of aliphatic hydroxyl groups excluding tert-OH is 1. The first-order chi connectivity index (χ1) is 7.64. The number of nitrogens with zero attached hydrogens (tertiary/aromatic N) is 1. The lowest BCUT2D eigenvalue weighted by molar-refractivity contribution is -0.119. The second-order valence-electron chi connectivity index (χ2n) is 3.60. The number of nitrogens with two attached hydrogens (primary N) is 1. The number of hydrogen-bond donors (Lipinski definition) is 2. The van der Waals surface area contributed by atoms with Crippen LogP contribution in [0.3, 0.4) is 0 Å². The fraction of sp³-hybridized carbons (Fsp3) is 0.364. The van der Waals surface area contributed by atoms with Crippen LogP contribution in [0, 0.1) is 0 Å². The molecule has 96 valence electrons. The maximum Gasteiger partial charge on any atom is 0.293 e. The van der Waals surface area contributed by atoms with Gasteiger partial charge < -0.3 is 10.1 Å². The van der Waals surface area contributed by atoms with Crippen LogP contribution in [0.2, 0.25) is 0 Å². The van der Waals surface area contributed by atoms with Crippen molar-refractivity contribution >= 4 is 5.78 Å². The van der Waals surface area contributed by atoms with Crippen molar-refractivity contribution in [2.24, 2.45) is 5.84 Å². The summed E-state index contributed by atoms with van der Waals surface area (Å²) in [5, 5.41) is 9.52. The SMILES string of the molecule is C=C(C)C(F)(F)C(=C)/C=C(/C(=O)CO)N(C)N. The minimum atomic E-state index is -3.32. The molecule has 0 amide bonds. The number of rotatable bonds is 6. The molecule has 0 aliphatic carbocycles. The van der Waals surface area contributed by atoms with Gasteiger partial charge in [-0.2, -0.15) is 8.78 Å². The number of halogens is 2. The number of allylic oxidation sites excluding steroid dienone is 3. The molecule has 3 N–H and O–H groups in total. The number of carbonyl (C=O) groups excluding carboxylic acids is 1. The zero-order valence-electron chi connectivity index (χ0n) is 9.83. The molecule has 4 nitrogen and oxygen atoms in total. The van der Waals surface area contributed by atoms with E-state index in [9.17, 15) is 13.6 Å². The van der Waals surface area contributed by atoms with E-state index in [0.29, 0.717) is 0 Å². The third-order valence-corrected chi connectivity index (χ3v) is 2.06. The fourth-order valence-electron chi connectivity index (χ4n) is 0.990. The highest BCUT2D eigenvalue weighted by Crippen LogP contribution is 2.31. The number of likely N-dealkylation sites (N-methyl/N-ethyl adjacent to an activating group) is 1. The number of hydrogen-bond acceptors (Lipinski definition) is 4. The summed E-state index contributed by atoms with van der Waals surface area (Å²) in [6, 6.07) is 0. The first-order valence-corrected chi connectivity index (χ1v) is 4.72. The molecule has 0 heterocycles. The van der Waals surface area contributed by atoms with Crippen molar-refractivity contribution in [3.05, 3.63) is 36.1 Å². The quantitative estimate of drug-likeness (QED) is 0.241. The highest BCUT2D eigenvalue weighted by atomic mass is 19.3. The zero-order valence-corrected chi connectivity index (χ0v) is 9.83. The predicted octanol–water partition coefficient (Wildman–Crippen LogP) is 1.00. The maximum absolute atomic E-state index is 13.5. The van der Waals surface area contributed by atoms with Crippen LogP contribution >= 0.6 is 0 Å². The molecule has 0 unspecified atom stereocenters. The van der Waals surface area contributed by atoms with E-state index >= 15 is 0 Å². The van der Waals surface area contributed by atoms with Crippen molar-refractivity contribution in [3.63, 3.8) is 0 Å². The molecule has 0 fully saturated rings. The Labute approximate surface area is 98.7 Å². The van der Waals surface area contributed by atoms with Gasteiger partial charge in [0, 0.05) is 12.6 Å². The zero-order chi connectivity index (χ0) is 13.8. The molecule has 0 aromatic carbocycles. The highest BCUT2D eigenvalue weighted by Gasteiger charge is 2.33. The van der Waals surface area contributed by atoms with Crippen LogP contribution < -0.4 is 5.84 Å². The Morgan fingerprint density at radius 2 is 2.00 bits per heavy atom. The third-order valence-electron chi connectivity index (χ3n) is 2.06. The topological polar surface area (TPSA) is 66.6 Å². The summed E-state index contributed by atoms with van der Waals surface area (Å²) in [5.41, 5.74) is -1.26. The highest BCUT2D eigenvalue weighted by molar-refractivity contribution is 5.96. The summed E-state index contributed by atoms with van der Waals surface area (Å²) in [6.45, 7) is 6.66. The molecule has 6 heteroatoms. The van der Waals surface area contributed by atoms with Gasteiger partial charge in [0.15, 0.2) is 0 Å². The van der Waals surface area contributed by atoms with Gasteiger partial charge in [-0.25, -0.2) is 5.84 Å². The molecule has 0 aliphatic rings. The van der Waals surface area contributed by atoms with Crippen molar-refractivity contribution < 1.29 is 18.7 Å². The van der Waals surface area contributed by atoms with E-state index in [4.69, 9.17) is 10.9 Å². The van der Waals surface area contributed by atoms with Gasteiger partial charge >= 0.3 is 0 Å². The summed E-state index contributed by atoms with van der Waals surface area (Å²) >= 11 is 0. The number of ketones is 1. The molecule has 0 bridgehead atoms. The predicted molar refractivity (Wildman–Crippen MR) is 61.0 cm³/mol. The Morgan fingerprint density at radius 1 is 1.53 bits per heavy atom. The van der Waals surface area contributed by atoms with Crippen LogP contribution in [0.1, 0.15) is 6.92 Å². The molecular formula is C11H16F2N2O2. The van der Waals surface area contributed by atoms with Gasteiger partial charge in [0.1, 0.15) is 6.61 Å². The van der Waals surface area contributed by atoms with Crippen molar-refractivity contribution in [2.75, 3.05) is 13.7 Å². The minimum absolute atomic E-state index is 0.251. The smallest absolute Gasteiger partial charge is 0.293 e. The molecule has 0 rings (SSSR count). The fourth-order valence-corrected chi connectivity index (χ4v) is 0.990. The van der Waals surface area contributed by atoms with E-state index in [1.54, 1.807) is 0 Å². The van der Waals surface area contributed by atoms with Crippen LogP contribution in [-0.2, 0) is 4.79 Å². The van der Waals surface area contributed by atoms with E-state index in [1.165, 1.54) is 7.05 Å². The van der Waals surface area contributed by atoms with Crippen LogP contribution in [0.25, 0.3) is 0 Å². The van der Waals surface area contributed by atoms with Gasteiger partial charge in [0.05, 0.1) is 5.70 Å². The van der Waals surface area contributed by atoms with Crippen LogP contribution in [-0.4, -0.2) is 35.5 Å². The van der Waals surface area contributed by atoms with Gasteiger partial charge in [-0.15, -0.1) is 0 Å². The molecule has 0 radical (unpaired) electrons. The standard InChI is InChI=1S/C11H16F2N2O2/c1-7(2)11(12,13)8(3)5-9(15(4)14)10(17)6-16/h5,16H,1,3,6,14H2,2,4H3/b9-5-. The van der Waals surface area contributed by atoms with Crippen molar-refractivity contribution in [2.45, 2.75) is 12.8 Å². The van der Waals surface area contributed by atoms with Gasteiger partial charge in [0.2, 0.25) is 5.78 Å². The molecule has 0 aliphatic heterocycles. The second kappa shape index (κ2) is 5.70. The maximum atomic E-state index is 13.5. The summed E-state index contributed by atoms with van der Waals surface area (Å²) in [4.78, 5) is 11.2. The Kier molecular flexibility index (Phi) is 5.18. The number of alkyl halides is 2. The number of carbonyl (C=O) groups is 1. The molecular weight excluding hydrogens is 230 g/mol. The Balaban J connectivity index is 5.29. The van der Waals surface area contributed by atoms with Gasteiger partial charge in [-0.3, -0.25) is 4.79 Å². The third kappa shape index (κ3) is 3.76. The summed E-state index contributed by atoms with van der Waals surface area (Å²) < 4.78 is 26.9. The van der Waals surface area contributed by atoms with Crippen molar-refractivity contribution in [1.29, 1.82) is 0 Å². The molecule has 0 atom stereocenters. The van der Waals surface area contributed by atoms with Gasteiger partial charge in [-0.05, 0) is 18.6 Å². The lowest BCUT2D eigenvalue weighted by Gasteiger charge is -2.20. The number of hydrazine groups is 1. The van der Waals surface area contributed by atoms with E-state index < -0.39 is 29.5 Å². The summed E-state index contributed by atoms with van der Waals surface area (Å²) in [7, 11) is 1.30. The van der Waals surface area contributed by atoms with E-state index in [2.05, 4.69) is 13.2 Å². The lowest BCUT2D eigenvalue weighted by atomic mass is 10.0. The molecule has 0 saturated heterocycles. The minimum Gasteiger partial charge on any atom is -0.388 e. The Hall–Kier alpha value is -1.53. The molecule has 0 aromatic heterocycles. The first-order valence-electron chi connectivity index (χ1n) is 4.72. The average molecular weight is 246 g/mol. The van der Waals surface area contributed by atoms with E-state index in [1.807, 2.05) is 0 Å². The number of aliphatic hydroxyl groups is 1. The monoisotopic (exact) mass is 246 g/mol. The summed E-state index contributed by atoms with van der Waals surface area (Å²) in [5.74, 6) is 1.21. The van der Waals surface area contributed by atoms with Crippen LogP contribution in [0.5, 0.6) is 0 Å². The van der Waals surface area contributed by atoms with Crippen LogP contribution in [0.15, 0.2) is 36.1 Å². The Bertz CT molecular complexity index is 374. The second-order valence-corrected chi connectivity index (χ2v) is 3.60. The number of Topliss-reactive ketones (excluding diaryl/α,β-unsaturated/α-hetero) is 1. The molecule has 0 saturated carbocycles. The van der Waals surface area contributed by atoms with Gasteiger partial charge in [0.25, 0.3) is 5.92 Å². The normalized spacial score (nSPS) is 12.2. The lowest BCUT2D eigenvalue weighted by Crippen LogP contribution is -2.32. The van der Waals surface area contributed by atoms with Crippen molar-refractivity contribution in [1.82, 2.24) is 5.01 Å². The Morgan fingerprint density at radius 3 is 2.29 bits per heavy atom. The van der Waals surface area contributed by atoms with Crippen molar-refractivity contribution in [3.8, 4) is 0 Å². The van der Waals surface area contributed by atoms with Gasteiger partial charge in [-0.1, -0.05) is 13.2 Å². The van der Waals surface area contributed by atoms with E-state index in [-0.39, 0.29) is 5.70 Å². The summed E-state index contributed by atoms with van der Waals surface area (Å²) in [6.07, 6.45) is 0.841. The van der Waals surface area contributed by atoms with Crippen LogP contribution in [0.4, 0.5) is 8.78 Å². The molecule has 0 spiro atoms.